The summed E-state index contributed by atoms with van der Waals surface area (Å²) in [6.45, 7) is 3.24. The van der Waals surface area contributed by atoms with E-state index < -0.39 is 0 Å². The molecule has 0 saturated carbocycles. The molecule has 1 rings (SSSR count). The molecule has 9 heavy (non-hydrogen) atoms. The minimum Gasteiger partial charge on any atom is -0.378 e. The van der Waals surface area contributed by atoms with Crippen LogP contribution in [0.25, 0.3) is 0 Å². The molecule has 1 heterocycles. The summed E-state index contributed by atoms with van der Waals surface area (Å²) in [4.78, 5) is 0. The topological polar surface area (TPSA) is 9.23 Å². The molecule has 0 aromatic rings. The van der Waals surface area contributed by atoms with Crippen molar-refractivity contribution >= 4 is 0 Å². The summed E-state index contributed by atoms with van der Waals surface area (Å²) in [5.41, 5.74) is 0. The fourth-order valence-electron chi connectivity index (χ4n) is 1.30. The molecular weight excluding hydrogens is 112 g/mol. The highest BCUT2D eigenvalue weighted by Crippen LogP contribution is 2.17. The Labute approximate surface area is 57.4 Å². The first kappa shape index (κ1) is 7.07. The molecule has 0 spiro atoms. The molecule has 1 aliphatic rings. The van der Waals surface area contributed by atoms with Crippen LogP contribution in [0.4, 0.5) is 0 Å². The largest absolute Gasteiger partial charge is 0.378 e. The van der Waals surface area contributed by atoms with Gasteiger partial charge in [0.2, 0.25) is 0 Å². The van der Waals surface area contributed by atoms with Crippen molar-refractivity contribution in [1.82, 2.24) is 0 Å². The van der Waals surface area contributed by atoms with Crippen molar-refractivity contribution in [3.63, 3.8) is 0 Å². The fraction of sp³-hybridized carbons (Fsp3) is 1.00. The average Bonchev–Trinajstić information content (AvgIpc) is 2.34. The molecule has 0 aliphatic carbocycles. The number of hydrogen-bond donors (Lipinski definition) is 0. The molecule has 0 radical (unpaired) electrons. The van der Waals surface area contributed by atoms with Crippen LogP contribution in [-0.4, -0.2) is 12.7 Å². The van der Waals surface area contributed by atoms with E-state index in [0.29, 0.717) is 6.10 Å². The Morgan fingerprint density at radius 1 is 1.56 bits per heavy atom. The van der Waals surface area contributed by atoms with Crippen molar-refractivity contribution < 1.29 is 4.74 Å². The van der Waals surface area contributed by atoms with Gasteiger partial charge in [0.1, 0.15) is 0 Å². The van der Waals surface area contributed by atoms with Gasteiger partial charge in [-0.2, -0.15) is 0 Å². The van der Waals surface area contributed by atoms with Gasteiger partial charge in [-0.25, -0.2) is 0 Å². The third kappa shape index (κ3) is 2.35. The second-order valence-corrected chi connectivity index (χ2v) is 2.78. The van der Waals surface area contributed by atoms with Gasteiger partial charge in [-0.3, -0.25) is 0 Å². The monoisotopic (exact) mass is 128 g/mol. The SMILES string of the molecule is CCCCC1CCCO1. The van der Waals surface area contributed by atoms with Crippen molar-refractivity contribution in [2.24, 2.45) is 0 Å². The molecule has 54 valence electrons. The Balaban J connectivity index is 1.98. The molecule has 0 aromatic heterocycles. The van der Waals surface area contributed by atoms with Crippen molar-refractivity contribution in [1.29, 1.82) is 0 Å². The van der Waals surface area contributed by atoms with Gasteiger partial charge in [0.25, 0.3) is 0 Å². The van der Waals surface area contributed by atoms with E-state index in [2.05, 4.69) is 6.92 Å². The van der Waals surface area contributed by atoms with Crippen molar-refractivity contribution in [2.75, 3.05) is 6.61 Å². The van der Waals surface area contributed by atoms with Crippen LogP contribution in [-0.2, 0) is 4.74 Å². The molecule has 0 aromatic carbocycles. The Bertz CT molecular complexity index is 65.0. The van der Waals surface area contributed by atoms with Gasteiger partial charge in [0.05, 0.1) is 6.10 Å². The van der Waals surface area contributed by atoms with E-state index in [4.69, 9.17) is 4.74 Å². The van der Waals surface area contributed by atoms with Crippen molar-refractivity contribution in [3.05, 3.63) is 0 Å². The maximum atomic E-state index is 5.46. The molecule has 0 bridgehead atoms. The summed E-state index contributed by atoms with van der Waals surface area (Å²) in [5.74, 6) is 0. The number of hydrogen-bond acceptors (Lipinski definition) is 1. The summed E-state index contributed by atoms with van der Waals surface area (Å²) in [7, 11) is 0. The summed E-state index contributed by atoms with van der Waals surface area (Å²) < 4.78 is 5.46. The third-order valence-electron chi connectivity index (χ3n) is 1.90. The zero-order valence-corrected chi connectivity index (χ0v) is 6.23. The highest BCUT2D eigenvalue weighted by molar-refractivity contribution is 4.63. The molecule has 1 atom stereocenters. The van der Waals surface area contributed by atoms with Gasteiger partial charge in [-0.1, -0.05) is 19.8 Å². The molecule has 1 aliphatic heterocycles. The lowest BCUT2D eigenvalue weighted by Crippen LogP contribution is -2.03. The Morgan fingerprint density at radius 2 is 2.44 bits per heavy atom. The molecule has 1 saturated heterocycles. The number of ether oxygens (including phenoxy) is 1. The Hall–Kier alpha value is -0.0400. The van der Waals surface area contributed by atoms with Crippen molar-refractivity contribution in [2.45, 2.75) is 45.1 Å². The lowest BCUT2D eigenvalue weighted by atomic mass is 10.1. The van der Waals surface area contributed by atoms with Crippen LogP contribution in [0.15, 0.2) is 0 Å². The highest BCUT2D eigenvalue weighted by atomic mass is 16.5. The standard InChI is InChI=1S/C8H16O/c1-2-3-5-8-6-4-7-9-8/h8H,2-7H2,1H3. The summed E-state index contributed by atoms with van der Waals surface area (Å²) in [6.07, 6.45) is 7.14. The average molecular weight is 128 g/mol. The van der Waals surface area contributed by atoms with Gasteiger partial charge in [0.15, 0.2) is 0 Å². The summed E-state index contributed by atoms with van der Waals surface area (Å²) >= 11 is 0. The third-order valence-corrected chi connectivity index (χ3v) is 1.90. The molecular formula is C8H16O. The van der Waals surface area contributed by atoms with Crippen LogP contribution in [0, 0.1) is 0 Å². The van der Waals surface area contributed by atoms with Gasteiger partial charge in [0, 0.05) is 6.61 Å². The van der Waals surface area contributed by atoms with Crippen LogP contribution in [0.5, 0.6) is 0 Å². The van der Waals surface area contributed by atoms with E-state index in [0.717, 1.165) is 6.61 Å². The van der Waals surface area contributed by atoms with Crippen LogP contribution in [0.1, 0.15) is 39.0 Å². The van der Waals surface area contributed by atoms with E-state index in [1.54, 1.807) is 0 Å². The number of rotatable bonds is 3. The van der Waals surface area contributed by atoms with E-state index in [9.17, 15) is 0 Å². The first-order valence-electron chi connectivity index (χ1n) is 4.05. The lowest BCUT2D eigenvalue weighted by molar-refractivity contribution is 0.102. The van der Waals surface area contributed by atoms with E-state index in [1.165, 1.54) is 32.1 Å². The predicted molar refractivity (Wildman–Crippen MR) is 38.5 cm³/mol. The minimum absolute atomic E-state index is 0.616. The molecule has 1 heteroatoms. The zero-order valence-electron chi connectivity index (χ0n) is 6.23. The van der Waals surface area contributed by atoms with Crippen LogP contribution in [0.2, 0.25) is 0 Å². The van der Waals surface area contributed by atoms with Gasteiger partial charge in [-0.05, 0) is 19.3 Å². The fourth-order valence-corrected chi connectivity index (χ4v) is 1.30. The second-order valence-electron chi connectivity index (χ2n) is 2.78. The molecule has 1 fully saturated rings. The van der Waals surface area contributed by atoms with Crippen LogP contribution < -0.4 is 0 Å². The Kier molecular flexibility index (Phi) is 3.05. The second kappa shape index (κ2) is 3.89. The van der Waals surface area contributed by atoms with Crippen molar-refractivity contribution in [3.8, 4) is 0 Å². The molecule has 1 unspecified atom stereocenters. The first-order valence-corrected chi connectivity index (χ1v) is 4.05. The van der Waals surface area contributed by atoms with E-state index in [-0.39, 0.29) is 0 Å². The van der Waals surface area contributed by atoms with Crippen LogP contribution >= 0.6 is 0 Å². The predicted octanol–water partition coefficient (Wildman–Crippen LogP) is 2.36. The zero-order chi connectivity index (χ0) is 6.53. The van der Waals surface area contributed by atoms with E-state index in [1.807, 2.05) is 0 Å². The highest BCUT2D eigenvalue weighted by Gasteiger charge is 2.13. The van der Waals surface area contributed by atoms with Gasteiger partial charge >= 0.3 is 0 Å². The maximum Gasteiger partial charge on any atom is 0.0576 e. The summed E-state index contributed by atoms with van der Waals surface area (Å²) in [5, 5.41) is 0. The van der Waals surface area contributed by atoms with Gasteiger partial charge < -0.3 is 4.74 Å². The smallest absolute Gasteiger partial charge is 0.0576 e. The molecule has 0 amide bonds. The molecule has 1 nitrogen and oxygen atoms in total. The van der Waals surface area contributed by atoms with Gasteiger partial charge in [-0.15, -0.1) is 0 Å². The lowest BCUT2D eigenvalue weighted by Gasteiger charge is -2.06. The minimum atomic E-state index is 0.616. The first-order chi connectivity index (χ1) is 4.43. The maximum absolute atomic E-state index is 5.46. The normalized spacial score (nSPS) is 27.0. The number of unbranched alkanes of at least 4 members (excludes halogenated alkanes) is 1. The summed E-state index contributed by atoms with van der Waals surface area (Å²) in [6, 6.07) is 0. The molecule has 0 N–H and O–H groups in total. The quantitative estimate of drug-likeness (QED) is 0.567. The van der Waals surface area contributed by atoms with E-state index >= 15 is 0 Å². The van der Waals surface area contributed by atoms with Crippen LogP contribution in [0.3, 0.4) is 0 Å². The Morgan fingerprint density at radius 3 is 3.00 bits per heavy atom.